The van der Waals surface area contributed by atoms with Crippen LogP contribution < -0.4 is 0 Å². The van der Waals surface area contributed by atoms with Crippen LogP contribution in [0.15, 0.2) is 38.0 Å². The van der Waals surface area contributed by atoms with Crippen molar-refractivity contribution in [2.75, 3.05) is 0 Å². The first-order valence-corrected chi connectivity index (χ1v) is 10.7. The summed E-state index contributed by atoms with van der Waals surface area (Å²) < 4.78 is 19.2. The first kappa shape index (κ1) is 22.3. The maximum atomic E-state index is 6.40. The van der Waals surface area contributed by atoms with Gasteiger partial charge in [0, 0.05) is 6.55 Å². The van der Waals surface area contributed by atoms with Crippen LogP contribution in [0.3, 0.4) is 0 Å². The molecule has 0 saturated heterocycles. The smallest absolute Gasteiger partial charge is 0.364 e. The summed E-state index contributed by atoms with van der Waals surface area (Å²) in [6.07, 6.45) is 7.83. The topological polar surface area (TPSA) is 27.7 Å². The van der Waals surface area contributed by atoms with E-state index in [9.17, 15) is 0 Å². The molecule has 0 spiro atoms. The van der Waals surface area contributed by atoms with Crippen LogP contribution in [0.4, 0.5) is 0 Å². The van der Waals surface area contributed by atoms with Crippen molar-refractivity contribution < 1.29 is 13.3 Å². The summed E-state index contributed by atoms with van der Waals surface area (Å²) in [5.41, 5.74) is -1.48. The molecule has 3 unspecified atom stereocenters. The van der Waals surface area contributed by atoms with Gasteiger partial charge in [-0.05, 0) is 40.0 Å². The molecule has 0 bridgehead atoms. The Morgan fingerprint density at radius 3 is 1.04 bits per heavy atom. The van der Waals surface area contributed by atoms with E-state index in [4.69, 9.17) is 13.3 Å². The Morgan fingerprint density at radius 1 is 0.696 bits per heavy atom. The predicted molar refractivity (Wildman–Crippen MR) is 102 cm³/mol. The zero-order valence-electron chi connectivity index (χ0n) is 16.2. The number of hydrogen-bond acceptors (Lipinski definition) is 3. The predicted octanol–water partition coefficient (Wildman–Crippen LogP) is 5.67. The number of rotatable bonds is 12. The van der Waals surface area contributed by atoms with Crippen LogP contribution >= 0.6 is 0 Å². The second kappa shape index (κ2) is 8.43. The van der Waals surface area contributed by atoms with Crippen molar-refractivity contribution in [1.29, 1.82) is 0 Å². The second-order valence-electron chi connectivity index (χ2n) is 6.78. The van der Waals surface area contributed by atoms with Crippen LogP contribution in [0.5, 0.6) is 0 Å². The molecular formula is C19H36O3Si. The third-order valence-corrected chi connectivity index (χ3v) is 7.17. The molecule has 0 heterocycles. The Labute approximate surface area is 144 Å². The van der Waals surface area contributed by atoms with Gasteiger partial charge in [0.25, 0.3) is 0 Å². The molecule has 0 amide bonds. The highest BCUT2D eigenvalue weighted by Gasteiger charge is 2.48. The molecule has 0 rings (SSSR count). The third kappa shape index (κ3) is 6.38. The second-order valence-corrected chi connectivity index (χ2v) is 9.12. The minimum Gasteiger partial charge on any atom is -0.364 e. The molecule has 134 valence electrons. The van der Waals surface area contributed by atoms with Crippen LogP contribution in [0.25, 0.3) is 0 Å². The maximum Gasteiger partial charge on any atom is 0.499 e. The van der Waals surface area contributed by atoms with Gasteiger partial charge in [-0.2, -0.15) is 0 Å². The van der Waals surface area contributed by atoms with Crippen molar-refractivity contribution in [3.63, 3.8) is 0 Å². The van der Waals surface area contributed by atoms with Crippen molar-refractivity contribution in [3.05, 3.63) is 38.0 Å². The van der Waals surface area contributed by atoms with Gasteiger partial charge in [-0.25, -0.2) is 0 Å². The summed E-state index contributed by atoms with van der Waals surface area (Å²) in [6.45, 7) is 25.9. The van der Waals surface area contributed by atoms with Crippen LogP contribution in [0.1, 0.15) is 60.8 Å². The fourth-order valence-electron chi connectivity index (χ4n) is 2.11. The fraction of sp³-hybridized carbons (Fsp3) is 0.684. The Kier molecular flexibility index (Phi) is 8.17. The zero-order chi connectivity index (χ0) is 18.4. The van der Waals surface area contributed by atoms with Crippen LogP contribution in [-0.4, -0.2) is 25.6 Å². The highest BCUT2D eigenvalue weighted by molar-refractivity contribution is 6.59. The summed E-state index contributed by atoms with van der Waals surface area (Å²) >= 11 is 0. The van der Waals surface area contributed by atoms with Crippen LogP contribution in [-0.2, 0) is 13.3 Å². The van der Waals surface area contributed by atoms with Crippen molar-refractivity contribution >= 4 is 8.80 Å². The molecule has 0 N–H and O–H groups in total. The fourth-order valence-corrected chi connectivity index (χ4v) is 5.46. The molecule has 0 aliphatic carbocycles. The average Bonchev–Trinajstić information content (AvgIpc) is 2.53. The van der Waals surface area contributed by atoms with Crippen LogP contribution in [0, 0.1) is 0 Å². The molecule has 0 aliphatic rings. The normalized spacial score (nSPS) is 22.0. The minimum atomic E-state index is -3.00. The Morgan fingerprint density at radius 2 is 0.913 bits per heavy atom. The standard InChI is InChI=1S/C19H36O3Si/c1-11-17(7,12-2)20-23(10,21-18(8,13-3)14-4)22-19(9,15-5)16-6/h11,13,15H,1,3,5,12,14,16H2,2,4,6-10H3. The Bertz CT molecular complexity index is 363. The van der Waals surface area contributed by atoms with E-state index in [-0.39, 0.29) is 0 Å². The van der Waals surface area contributed by atoms with E-state index in [1.54, 1.807) is 0 Å². The lowest BCUT2D eigenvalue weighted by Gasteiger charge is -2.43. The molecular weight excluding hydrogens is 304 g/mol. The molecule has 0 aliphatic heterocycles. The summed E-state index contributed by atoms with van der Waals surface area (Å²) in [6, 6.07) is 0. The molecule has 0 saturated carbocycles. The lowest BCUT2D eigenvalue weighted by molar-refractivity contribution is -0.0649. The maximum absolute atomic E-state index is 6.40. The zero-order valence-corrected chi connectivity index (χ0v) is 17.2. The molecule has 0 fully saturated rings. The molecule has 3 atom stereocenters. The summed E-state index contributed by atoms with van der Waals surface area (Å²) in [5, 5.41) is 0. The summed E-state index contributed by atoms with van der Waals surface area (Å²) in [5.74, 6) is 0. The minimum absolute atomic E-state index is 0.493. The molecule has 0 aromatic rings. The van der Waals surface area contributed by atoms with Gasteiger partial charge in [-0.1, -0.05) is 39.0 Å². The first-order chi connectivity index (χ1) is 10.5. The van der Waals surface area contributed by atoms with Gasteiger partial charge in [0.05, 0.1) is 16.8 Å². The van der Waals surface area contributed by atoms with Crippen LogP contribution in [0.2, 0.25) is 6.55 Å². The monoisotopic (exact) mass is 340 g/mol. The third-order valence-electron chi connectivity index (χ3n) is 4.66. The summed E-state index contributed by atoms with van der Waals surface area (Å²) in [4.78, 5) is 0. The van der Waals surface area contributed by atoms with Gasteiger partial charge in [0.15, 0.2) is 0 Å². The van der Waals surface area contributed by atoms with E-state index in [1.165, 1.54) is 0 Å². The summed E-state index contributed by atoms with van der Waals surface area (Å²) in [7, 11) is -3.00. The highest BCUT2D eigenvalue weighted by atomic mass is 28.4. The van der Waals surface area contributed by atoms with E-state index in [2.05, 4.69) is 40.5 Å². The lowest BCUT2D eigenvalue weighted by Crippen LogP contribution is -2.56. The molecule has 0 aromatic heterocycles. The van der Waals surface area contributed by atoms with E-state index < -0.39 is 25.6 Å². The largest absolute Gasteiger partial charge is 0.499 e. The van der Waals surface area contributed by atoms with Gasteiger partial charge in [-0.3, -0.25) is 0 Å². The highest BCUT2D eigenvalue weighted by Crippen LogP contribution is 2.33. The lowest BCUT2D eigenvalue weighted by atomic mass is 10.1. The van der Waals surface area contributed by atoms with Gasteiger partial charge < -0.3 is 13.3 Å². The van der Waals surface area contributed by atoms with Gasteiger partial charge in [0.2, 0.25) is 0 Å². The van der Waals surface area contributed by atoms with Crippen molar-refractivity contribution in [2.45, 2.75) is 84.2 Å². The Balaban J connectivity index is 5.72. The van der Waals surface area contributed by atoms with E-state index in [0.717, 1.165) is 19.3 Å². The van der Waals surface area contributed by atoms with Gasteiger partial charge >= 0.3 is 8.80 Å². The van der Waals surface area contributed by atoms with E-state index >= 15 is 0 Å². The van der Waals surface area contributed by atoms with Gasteiger partial charge in [-0.15, -0.1) is 19.7 Å². The number of hydrogen-bond donors (Lipinski definition) is 0. The molecule has 0 radical (unpaired) electrons. The van der Waals surface area contributed by atoms with Crippen molar-refractivity contribution in [3.8, 4) is 0 Å². The molecule has 4 heteroatoms. The Hall–Kier alpha value is -0.683. The van der Waals surface area contributed by atoms with Crippen molar-refractivity contribution in [1.82, 2.24) is 0 Å². The van der Waals surface area contributed by atoms with E-state index in [1.807, 2.05) is 45.5 Å². The quantitative estimate of drug-likeness (QED) is 0.338. The first-order valence-electron chi connectivity index (χ1n) is 8.50. The molecule has 0 aromatic carbocycles. The van der Waals surface area contributed by atoms with Crippen molar-refractivity contribution in [2.24, 2.45) is 0 Å². The molecule has 23 heavy (non-hydrogen) atoms. The SMILES string of the molecule is C=CC(C)(CC)O[Si](C)(OC(C)(C=C)CC)OC(C)(C=C)CC. The molecule has 3 nitrogen and oxygen atoms in total. The van der Waals surface area contributed by atoms with E-state index in [0.29, 0.717) is 0 Å². The average molecular weight is 341 g/mol. The van der Waals surface area contributed by atoms with Gasteiger partial charge in [0.1, 0.15) is 0 Å².